The Morgan fingerprint density at radius 1 is 1.02 bits per heavy atom. The van der Waals surface area contributed by atoms with Crippen molar-refractivity contribution in [3.63, 3.8) is 0 Å². The second-order valence-corrected chi connectivity index (χ2v) is 12.0. The Balaban J connectivity index is 1.38. The van der Waals surface area contributed by atoms with Crippen LogP contribution in [0, 0.1) is 17.8 Å². The Labute approximate surface area is 244 Å². The molecule has 4 amide bonds. The lowest BCUT2D eigenvalue weighted by atomic mass is 9.85. The second-order valence-electron chi connectivity index (χ2n) is 12.0. The zero-order valence-corrected chi connectivity index (χ0v) is 23.6. The van der Waals surface area contributed by atoms with Crippen LogP contribution in [0.25, 0.3) is 11.1 Å². The molecule has 2 saturated heterocycles. The molecule has 0 unspecified atom stereocenters. The van der Waals surface area contributed by atoms with Crippen LogP contribution in [0.3, 0.4) is 0 Å². The topological polar surface area (TPSA) is 145 Å². The van der Waals surface area contributed by atoms with Crippen LogP contribution in [0.15, 0.2) is 48.5 Å². The summed E-state index contributed by atoms with van der Waals surface area (Å²) in [6.07, 6.45) is 3.20. The Hall–Kier alpha value is -4.05. The summed E-state index contributed by atoms with van der Waals surface area (Å²) in [6.45, 7) is 1.47. The highest BCUT2D eigenvalue weighted by Crippen LogP contribution is 2.51. The number of carbonyl (C=O) groups excluding carboxylic acids is 5. The average molecular weight is 573 g/mol. The normalized spacial score (nSPS) is 25.7. The molecule has 4 N–H and O–H groups in total. The number of ketones is 1. The van der Waals surface area contributed by atoms with Crippen molar-refractivity contribution >= 4 is 29.4 Å². The molecule has 42 heavy (non-hydrogen) atoms. The molecule has 1 saturated carbocycles. The van der Waals surface area contributed by atoms with E-state index in [2.05, 4.69) is 16.0 Å². The fraction of sp³-hybridized carbons (Fsp3) is 0.469. The van der Waals surface area contributed by atoms with Crippen LogP contribution in [0.2, 0.25) is 0 Å². The number of amides is 4. The van der Waals surface area contributed by atoms with Crippen molar-refractivity contribution in [2.75, 3.05) is 19.7 Å². The van der Waals surface area contributed by atoms with Crippen LogP contribution in [-0.4, -0.2) is 71.2 Å². The summed E-state index contributed by atoms with van der Waals surface area (Å²) >= 11 is 0. The summed E-state index contributed by atoms with van der Waals surface area (Å²) in [4.78, 5) is 68.4. The van der Waals surface area contributed by atoms with Crippen LogP contribution in [0.5, 0.6) is 0 Å². The van der Waals surface area contributed by atoms with Gasteiger partial charge in [0.1, 0.15) is 12.6 Å². The number of benzene rings is 2. The SMILES string of the molecule is CC(=O)NC1(C(=O)N2C[C@H]3CCC[C@H]3[C@@H]2C(=O)N[C@@H](C[C@H]2CCNC2=O)C(=O)CO)c2ccccc2-c2ccccc21. The van der Waals surface area contributed by atoms with E-state index < -0.39 is 41.8 Å². The van der Waals surface area contributed by atoms with Gasteiger partial charge in [-0.2, -0.15) is 0 Å². The lowest BCUT2D eigenvalue weighted by molar-refractivity contribution is -0.146. The fourth-order valence-corrected chi connectivity index (χ4v) is 7.78. The Kier molecular flexibility index (Phi) is 7.34. The van der Waals surface area contributed by atoms with E-state index in [1.165, 1.54) is 6.92 Å². The van der Waals surface area contributed by atoms with Gasteiger partial charge < -0.3 is 26.0 Å². The minimum atomic E-state index is -1.52. The van der Waals surface area contributed by atoms with Crippen molar-refractivity contribution in [3.8, 4) is 11.1 Å². The van der Waals surface area contributed by atoms with Crippen molar-refractivity contribution in [1.82, 2.24) is 20.9 Å². The van der Waals surface area contributed by atoms with Crippen molar-refractivity contribution in [3.05, 3.63) is 59.7 Å². The first-order chi connectivity index (χ1) is 20.3. The molecule has 6 rings (SSSR count). The van der Waals surface area contributed by atoms with Gasteiger partial charge in [0.15, 0.2) is 11.3 Å². The lowest BCUT2D eigenvalue weighted by Crippen LogP contribution is -2.61. The minimum absolute atomic E-state index is 0.0856. The fourth-order valence-electron chi connectivity index (χ4n) is 7.78. The molecule has 0 aromatic heterocycles. The van der Waals surface area contributed by atoms with E-state index in [4.69, 9.17) is 0 Å². The Bertz CT molecular complexity index is 1410. The third-order valence-electron chi connectivity index (χ3n) is 9.60. The number of nitrogens with zero attached hydrogens (tertiary/aromatic N) is 1. The highest BCUT2D eigenvalue weighted by Gasteiger charge is 2.58. The van der Waals surface area contributed by atoms with Gasteiger partial charge in [-0.15, -0.1) is 0 Å². The van der Waals surface area contributed by atoms with E-state index in [1.807, 2.05) is 48.5 Å². The second kappa shape index (κ2) is 11.0. The number of rotatable bonds is 8. The van der Waals surface area contributed by atoms with Crippen molar-refractivity contribution < 1.29 is 29.1 Å². The van der Waals surface area contributed by atoms with Gasteiger partial charge in [0.25, 0.3) is 5.91 Å². The van der Waals surface area contributed by atoms with E-state index in [-0.39, 0.29) is 36.0 Å². The van der Waals surface area contributed by atoms with E-state index >= 15 is 0 Å². The molecule has 2 aromatic carbocycles. The number of nitrogens with one attached hydrogen (secondary N) is 3. The number of aliphatic hydroxyl groups excluding tert-OH is 1. The molecule has 10 nitrogen and oxygen atoms in total. The zero-order chi connectivity index (χ0) is 29.6. The number of likely N-dealkylation sites (tertiary alicyclic amines) is 1. The largest absolute Gasteiger partial charge is 0.389 e. The number of Topliss-reactive ketones (excluding diaryl/α,β-unsaturated/α-hetero) is 1. The molecule has 2 aliphatic carbocycles. The molecule has 5 atom stereocenters. The summed E-state index contributed by atoms with van der Waals surface area (Å²) in [6, 6.07) is 13.1. The van der Waals surface area contributed by atoms with E-state index in [0.717, 1.165) is 30.4 Å². The summed E-state index contributed by atoms with van der Waals surface area (Å²) < 4.78 is 0. The molecule has 2 heterocycles. The quantitative estimate of drug-likeness (QED) is 0.375. The molecule has 4 aliphatic rings. The number of hydrogen-bond donors (Lipinski definition) is 4. The van der Waals surface area contributed by atoms with Crippen LogP contribution in [-0.2, 0) is 29.5 Å². The van der Waals surface area contributed by atoms with Crippen LogP contribution in [0.4, 0.5) is 0 Å². The Morgan fingerprint density at radius 2 is 1.69 bits per heavy atom. The highest BCUT2D eigenvalue weighted by molar-refractivity contribution is 6.04. The number of hydrogen-bond acceptors (Lipinski definition) is 6. The number of carbonyl (C=O) groups is 5. The van der Waals surface area contributed by atoms with E-state index in [0.29, 0.717) is 30.6 Å². The molecule has 0 spiro atoms. The predicted octanol–water partition coefficient (Wildman–Crippen LogP) is 1.25. The van der Waals surface area contributed by atoms with Gasteiger partial charge in [-0.3, -0.25) is 24.0 Å². The third-order valence-corrected chi connectivity index (χ3v) is 9.60. The number of aliphatic hydroxyl groups is 1. The Morgan fingerprint density at radius 3 is 2.29 bits per heavy atom. The summed E-state index contributed by atoms with van der Waals surface area (Å²) in [7, 11) is 0. The van der Waals surface area contributed by atoms with Gasteiger partial charge in [0, 0.05) is 25.9 Å². The lowest BCUT2D eigenvalue weighted by Gasteiger charge is -2.38. The van der Waals surface area contributed by atoms with Crippen molar-refractivity contribution in [1.29, 1.82) is 0 Å². The van der Waals surface area contributed by atoms with Gasteiger partial charge in [0.05, 0.1) is 6.04 Å². The van der Waals surface area contributed by atoms with Crippen LogP contribution < -0.4 is 16.0 Å². The summed E-state index contributed by atoms with van der Waals surface area (Å²) in [5.74, 6) is -2.42. The maximum Gasteiger partial charge on any atom is 0.258 e. The van der Waals surface area contributed by atoms with Gasteiger partial charge in [-0.05, 0) is 59.8 Å². The van der Waals surface area contributed by atoms with E-state index in [1.54, 1.807) is 4.90 Å². The first-order valence-corrected chi connectivity index (χ1v) is 14.8. The molecule has 0 radical (unpaired) electrons. The van der Waals surface area contributed by atoms with Crippen molar-refractivity contribution in [2.24, 2.45) is 17.8 Å². The monoisotopic (exact) mass is 572 g/mol. The first kappa shape index (κ1) is 28.1. The van der Waals surface area contributed by atoms with Gasteiger partial charge in [-0.1, -0.05) is 55.0 Å². The summed E-state index contributed by atoms with van der Waals surface area (Å²) in [5.41, 5.74) is 1.49. The molecule has 2 aliphatic heterocycles. The smallest absolute Gasteiger partial charge is 0.258 e. The summed E-state index contributed by atoms with van der Waals surface area (Å²) in [5, 5.41) is 18.2. The zero-order valence-electron chi connectivity index (χ0n) is 23.6. The molecular formula is C32H36N4O6. The maximum atomic E-state index is 14.9. The highest BCUT2D eigenvalue weighted by atomic mass is 16.3. The predicted molar refractivity (Wildman–Crippen MR) is 153 cm³/mol. The maximum absolute atomic E-state index is 14.9. The number of fused-ring (bicyclic) bond motifs is 4. The van der Waals surface area contributed by atoms with Crippen LogP contribution >= 0.6 is 0 Å². The van der Waals surface area contributed by atoms with Crippen molar-refractivity contribution in [2.45, 2.75) is 56.7 Å². The minimum Gasteiger partial charge on any atom is -0.389 e. The third kappa shape index (κ3) is 4.48. The molecule has 3 fully saturated rings. The first-order valence-electron chi connectivity index (χ1n) is 14.8. The van der Waals surface area contributed by atoms with Crippen LogP contribution in [0.1, 0.15) is 50.2 Å². The molecule has 2 aromatic rings. The standard InChI is InChI=1S/C32H36N4O6/c1-18(38)35-32(24-11-4-2-8-22(24)23-9-3-5-12-25(23)32)31(42)36-16-20-7-6-10-21(20)28(36)30(41)34-26(27(39)17-37)15-19-13-14-33-29(19)40/h2-5,8-9,11-12,19-21,26,28,37H,6-7,10,13-17H2,1H3,(H,33,40)(H,34,41)(H,35,38)/t19-,20-,21-,26+,28-/m1/s1. The molecular weight excluding hydrogens is 536 g/mol. The average Bonchev–Trinajstić information content (AvgIpc) is 3.75. The molecule has 0 bridgehead atoms. The molecule has 220 valence electrons. The van der Waals surface area contributed by atoms with Gasteiger partial charge in [-0.25, -0.2) is 0 Å². The van der Waals surface area contributed by atoms with E-state index in [9.17, 15) is 29.1 Å². The van der Waals surface area contributed by atoms with Gasteiger partial charge in [0.2, 0.25) is 17.7 Å². The molecule has 10 heteroatoms. The van der Waals surface area contributed by atoms with Gasteiger partial charge >= 0.3 is 0 Å².